The van der Waals surface area contributed by atoms with Crippen molar-refractivity contribution in [1.82, 2.24) is 0 Å². The Morgan fingerprint density at radius 2 is 2.09 bits per heavy atom. The molecule has 0 bridgehead atoms. The van der Waals surface area contributed by atoms with Gasteiger partial charge in [0.05, 0.1) is 11.3 Å². The highest BCUT2D eigenvalue weighted by molar-refractivity contribution is 5.94. The fraction of sp³-hybridized carbons (Fsp3) is 0.714. The second-order valence-electron chi connectivity index (χ2n) is 3.03. The Morgan fingerprint density at radius 1 is 1.55 bits per heavy atom. The molecule has 1 saturated carbocycles. The molecular weight excluding hydrogens is 144 g/mol. The molecule has 0 saturated heterocycles. The van der Waals surface area contributed by atoms with Gasteiger partial charge in [0.1, 0.15) is 0 Å². The van der Waals surface area contributed by atoms with E-state index in [2.05, 4.69) is 0 Å². The average molecular weight is 156 g/mol. The van der Waals surface area contributed by atoms with Gasteiger partial charge < -0.3 is 11.5 Å². The maximum absolute atomic E-state index is 10.8. The van der Waals surface area contributed by atoms with Crippen LogP contribution in [-0.4, -0.2) is 11.8 Å². The second kappa shape index (κ2) is 2.22. The molecule has 2 unspecified atom stereocenters. The standard InChI is InChI=1S/C7H12N2O2/c1-2-7(6(9)11)3-4(7)5(8)10/h4H,2-3H2,1H3,(H2,8,10)(H2,9,11). The number of amides is 2. The predicted octanol–water partition coefficient (Wildman–Crippen LogP) is -0.627. The minimum Gasteiger partial charge on any atom is -0.369 e. The molecule has 62 valence electrons. The van der Waals surface area contributed by atoms with Gasteiger partial charge in [0.15, 0.2) is 0 Å². The number of nitrogens with two attached hydrogens (primary N) is 2. The number of carbonyl (C=O) groups is 2. The van der Waals surface area contributed by atoms with E-state index in [9.17, 15) is 9.59 Å². The Hall–Kier alpha value is -1.06. The summed E-state index contributed by atoms with van der Waals surface area (Å²) in [6.07, 6.45) is 1.14. The minimum atomic E-state index is -0.605. The smallest absolute Gasteiger partial charge is 0.224 e. The summed E-state index contributed by atoms with van der Waals surface area (Å²) in [5.74, 6) is -1.13. The molecule has 0 aromatic carbocycles. The van der Waals surface area contributed by atoms with Crippen molar-refractivity contribution in [2.45, 2.75) is 19.8 Å². The molecule has 1 aliphatic rings. The maximum Gasteiger partial charge on any atom is 0.224 e. The summed E-state index contributed by atoms with van der Waals surface area (Å²) in [6, 6.07) is 0. The molecule has 2 amide bonds. The summed E-state index contributed by atoms with van der Waals surface area (Å²) in [6.45, 7) is 1.84. The molecule has 0 aromatic heterocycles. The first-order valence-electron chi connectivity index (χ1n) is 3.64. The van der Waals surface area contributed by atoms with Crippen molar-refractivity contribution in [2.75, 3.05) is 0 Å². The van der Waals surface area contributed by atoms with Gasteiger partial charge in [-0.05, 0) is 12.8 Å². The molecule has 4 heteroatoms. The lowest BCUT2D eigenvalue weighted by atomic mass is 9.99. The molecule has 0 spiro atoms. The first-order chi connectivity index (χ1) is 5.04. The van der Waals surface area contributed by atoms with E-state index < -0.39 is 17.2 Å². The van der Waals surface area contributed by atoms with Crippen molar-refractivity contribution in [1.29, 1.82) is 0 Å². The van der Waals surface area contributed by atoms with Crippen LogP contribution in [0.2, 0.25) is 0 Å². The van der Waals surface area contributed by atoms with Crippen LogP contribution in [0.3, 0.4) is 0 Å². The summed E-state index contributed by atoms with van der Waals surface area (Å²) in [5.41, 5.74) is 9.56. The number of carbonyl (C=O) groups excluding carboxylic acids is 2. The van der Waals surface area contributed by atoms with Crippen LogP contribution in [0.4, 0.5) is 0 Å². The van der Waals surface area contributed by atoms with Gasteiger partial charge in [0.25, 0.3) is 0 Å². The van der Waals surface area contributed by atoms with E-state index in [1.165, 1.54) is 0 Å². The van der Waals surface area contributed by atoms with E-state index in [0.717, 1.165) is 0 Å². The van der Waals surface area contributed by atoms with Crippen molar-refractivity contribution < 1.29 is 9.59 Å². The van der Waals surface area contributed by atoms with Gasteiger partial charge in [-0.3, -0.25) is 9.59 Å². The Balaban J connectivity index is 2.71. The summed E-state index contributed by atoms with van der Waals surface area (Å²) in [5, 5.41) is 0. The molecule has 1 rings (SSSR count). The van der Waals surface area contributed by atoms with Crippen LogP contribution in [0.15, 0.2) is 0 Å². The molecule has 4 nitrogen and oxygen atoms in total. The molecule has 11 heavy (non-hydrogen) atoms. The Kier molecular flexibility index (Phi) is 1.62. The van der Waals surface area contributed by atoms with Crippen LogP contribution in [-0.2, 0) is 9.59 Å². The third-order valence-corrected chi connectivity index (χ3v) is 2.54. The fourth-order valence-corrected chi connectivity index (χ4v) is 1.52. The first-order valence-corrected chi connectivity index (χ1v) is 3.64. The van der Waals surface area contributed by atoms with Gasteiger partial charge >= 0.3 is 0 Å². The summed E-state index contributed by atoms with van der Waals surface area (Å²) in [4.78, 5) is 21.5. The monoisotopic (exact) mass is 156 g/mol. The highest BCUT2D eigenvalue weighted by atomic mass is 16.2. The SMILES string of the molecule is CCC1(C(N)=O)CC1C(N)=O. The molecule has 0 aromatic rings. The third-order valence-electron chi connectivity index (χ3n) is 2.54. The van der Waals surface area contributed by atoms with Crippen LogP contribution >= 0.6 is 0 Å². The largest absolute Gasteiger partial charge is 0.369 e. The van der Waals surface area contributed by atoms with Gasteiger partial charge in [-0.25, -0.2) is 0 Å². The van der Waals surface area contributed by atoms with E-state index >= 15 is 0 Å². The summed E-state index contributed by atoms with van der Waals surface area (Å²) in [7, 11) is 0. The van der Waals surface area contributed by atoms with E-state index in [-0.39, 0.29) is 5.92 Å². The molecular formula is C7H12N2O2. The van der Waals surface area contributed by atoms with Crippen molar-refractivity contribution in [3.05, 3.63) is 0 Å². The predicted molar refractivity (Wildman–Crippen MR) is 39.2 cm³/mol. The van der Waals surface area contributed by atoms with Gasteiger partial charge in [-0.2, -0.15) is 0 Å². The quantitative estimate of drug-likeness (QED) is 0.570. The number of primary amides is 2. The van der Waals surface area contributed by atoms with Crippen molar-refractivity contribution in [3.63, 3.8) is 0 Å². The highest BCUT2D eigenvalue weighted by Crippen LogP contribution is 2.54. The number of rotatable bonds is 3. The number of hydrogen-bond donors (Lipinski definition) is 2. The van der Waals surface area contributed by atoms with Gasteiger partial charge in [0, 0.05) is 0 Å². The average Bonchev–Trinajstić information content (AvgIpc) is 2.62. The minimum absolute atomic E-state index is 0.315. The Bertz CT molecular complexity index is 214. The number of hydrogen-bond acceptors (Lipinski definition) is 2. The first kappa shape index (κ1) is 8.04. The maximum atomic E-state index is 10.8. The van der Waals surface area contributed by atoms with Gasteiger partial charge in [-0.1, -0.05) is 6.92 Å². The topological polar surface area (TPSA) is 86.2 Å². The lowest BCUT2D eigenvalue weighted by Gasteiger charge is -2.07. The van der Waals surface area contributed by atoms with E-state index in [1.54, 1.807) is 0 Å². The Labute approximate surface area is 64.9 Å². The van der Waals surface area contributed by atoms with Crippen LogP contribution in [0.25, 0.3) is 0 Å². The molecule has 0 radical (unpaired) electrons. The van der Waals surface area contributed by atoms with Crippen LogP contribution in [0.1, 0.15) is 19.8 Å². The van der Waals surface area contributed by atoms with Gasteiger partial charge in [0.2, 0.25) is 11.8 Å². The van der Waals surface area contributed by atoms with E-state index in [4.69, 9.17) is 11.5 Å². The van der Waals surface area contributed by atoms with Crippen molar-refractivity contribution in [2.24, 2.45) is 22.8 Å². The normalized spacial score (nSPS) is 34.8. The lowest BCUT2D eigenvalue weighted by Crippen LogP contribution is -2.29. The highest BCUT2D eigenvalue weighted by Gasteiger charge is 2.60. The zero-order valence-corrected chi connectivity index (χ0v) is 6.46. The molecule has 2 atom stereocenters. The van der Waals surface area contributed by atoms with E-state index in [1.807, 2.05) is 6.92 Å². The van der Waals surface area contributed by atoms with Crippen molar-refractivity contribution in [3.8, 4) is 0 Å². The van der Waals surface area contributed by atoms with Crippen LogP contribution < -0.4 is 11.5 Å². The molecule has 1 aliphatic carbocycles. The summed E-state index contributed by atoms with van der Waals surface area (Å²) < 4.78 is 0. The van der Waals surface area contributed by atoms with Crippen LogP contribution in [0, 0.1) is 11.3 Å². The Morgan fingerprint density at radius 3 is 2.18 bits per heavy atom. The van der Waals surface area contributed by atoms with E-state index in [0.29, 0.717) is 12.8 Å². The lowest BCUT2D eigenvalue weighted by molar-refractivity contribution is -0.127. The summed E-state index contributed by atoms with van der Waals surface area (Å²) >= 11 is 0. The van der Waals surface area contributed by atoms with Crippen molar-refractivity contribution >= 4 is 11.8 Å². The molecule has 1 fully saturated rings. The second-order valence-corrected chi connectivity index (χ2v) is 3.03. The van der Waals surface area contributed by atoms with Crippen LogP contribution in [0.5, 0.6) is 0 Å². The zero-order chi connectivity index (χ0) is 8.65. The molecule has 0 heterocycles. The third kappa shape index (κ3) is 0.982. The molecule has 4 N–H and O–H groups in total. The zero-order valence-electron chi connectivity index (χ0n) is 6.46. The van der Waals surface area contributed by atoms with Gasteiger partial charge in [-0.15, -0.1) is 0 Å². The molecule has 0 aliphatic heterocycles. The fourth-order valence-electron chi connectivity index (χ4n) is 1.52.